The second kappa shape index (κ2) is 6.42. The fraction of sp³-hybridized carbons (Fsp3) is 0.417. The van der Waals surface area contributed by atoms with Crippen molar-refractivity contribution in [2.45, 2.75) is 26.1 Å². The van der Waals surface area contributed by atoms with Gasteiger partial charge in [0.05, 0.1) is 11.9 Å². The highest BCUT2D eigenvalue weighted by molar-refractivity contribution is 5.91. The van der Waals surface area contributed by atoms with Crippen molar-refractivity contribution in [2.24, 2.45) is 0 Å². The number of hydrogen-bond acceptors (Lipinski definition) is 3. The van der Waals surface area contributed by atoms with E-state index >= 15 is 0 Å². The molecule has 1 aromatic heterocycles. The smallest absolute Gasteiger partial charge is 0.433 e. The Balaban J connectivity index is 2.79. The number of hydrogen-bond donors (Lipinski definition) is 2. The number of pyridine rings is 1. The Morgan fingerprint density at radius 2 is 2.00 bits per heavy atom. The van der Waals surface area contributed by atoms with Crippen LogP contribution >= 0.6 is 0 Å². The molecule has 6 nitrogen and oxygen atoms in total. The molecule has 0 aliphatic rings. The number of carbonyl (C=O) groups excluding carboxylic acids is 1. The molecule has 9 heteroatoms. The number of alkyl halides is 3. The zero-order chi connectivity index (χ0) is 16.2. The van der Waals surface area contributed by atoms with Gasteiger partial charge in [-0.3, -0.25) is 4.79 Å². The molecular weight excluding hydrogens is 291 g/mol. The molecule has 2 amide bonds. The van der Waals surface area contributed by atoms with Crippen molar-refractivity contribution < 1.29 is 27.9 Å². The molecule has 0 saturated carbocycles. The molecule has 116 valence electrons. The highest BCUT2D eigenvalue weighted by atomic mass is 19.4. The van der Waals surface area contributed by atoms with Gasteiger partial charge in [-0.15, -0.1) is 0 Å². The number of carboxylic acids is 1. The van der Waals surface area contributed by atoms with Crippen LogP contribution in [0.4, 0.5) is 23.7 Å². The van der Waals surface area contributed by atoms with E-state index in [2.05, 4.69) is 10.3 Å². The number of carbonyl (C=O) groups is 2. The standard InChI is InChI=1S/C12H14F3N3O3/c1-7(2)18(6-10(19)20)11(21)17-8-3-4-9(16-5-8)12(13,14)15/h3-5,7H,6H2,1-2H3,(H,17,21)(H,19,20). The summed E-state index contributed by atoms with van der Waals surface area (Å²) in [6.45, 7) is 2.72. The van der Waals surface area contributed by atoms with Crippen molar-refractivity contribution in [1.82, 2.24) is 9.88 Å². The molecule has 1 heterocycles. The molecule has 0 atom stereocenters. The van der Waals surface area contributed by atoms with Crippen LogP contribution in [-0.4, -0.2) is 39.6 Å². The normalized spacial score (nSPS) is 11.3. The van der Waals surface area contributed by atoms with Crippen LogP contribution in [-0.2, 0) is 11.0 Å². The van der Waals surface area contributed by atoms with Gasteiger partial charge in [0.25, 0.3) is 0 Å². The molecule has 0 saturated heterocycles. The second-order valence-corrected chi connectivity index (χ2v) is 4.48. The van der Waals surface area contributed by atoms with E-state index in [1.807, 2.05) is 0 Å². The highest BCUT2D eigenvalue weighted by Crippen LogP contribution is 2.27. The third kappa shape index (κ3) is 4.93. The number of carboxylic acid groups (broad SMARTS) is 1. The molecule has 0 unspecified atom stereocenters. The summed E-state index contributed by atoms with van der Waals surface area (Å²) in [6, 6.07) is 0.664. The van der Waals surface area contributed by atoms with Gasteiger partial charge in [-0.1, -0.05) is 0 Å². The van der Waals surface area contributed by atoms with Gasteiger partial charge in [-0.25, -0.2) is 9.78 Å². The lowest BCUT2D eigenvalue weighted by molar-refractivity contribution is -0.141. The number of aromatic nitrogens is 1. The van der Waals surface area contributed by atoms with E-state index in [-0.39, 0.29) is 11.7 Å². The van der Waals surface area contributed by atoms with E-state index in [1.165, 1.54) is 0 Å². The van der Waals surface area contributed by atoms with E-state index in [0.717, 1.165) is 23.2 Å². The first kappa shape index (κ1) is 16.7. The van der Waals surface area contributed by atoms with Crippen molar-refractivity contribution >= 4 is 17.7 Å². The maximum atomic E-state index is 12.3. The zero-order valence-electron chi connectivity index (χ0n) is 11.3. The molecule has 0 aromatic carbocycles. The van der Waals surface area contributed by atoms with E-state index in [0.29, 0.717) is 0 Å². The summed E-state index contributed by atoms with van der Waals surface area (Å²) in [6.07, 6.45) is -3.70. The van der Waals surface area contributed by atoms with Gasteiger partial charge < -0.3 is 15.3 Å². The van der Waals surface area contributed by atoms with Gasteiger partial charge in [0, 0.05) is 6.04 Å². The van der Waals surface area contributed by atoms with Crippen molar-refractivity contribution in [1.29, 1.82) is 0 Å². The Morgan fingerprint density at radius 1 is 1.38 bits per heavy atom. The predicted molar refractivity (Wildman–Crippen MR) is 67.7 cm³/mol. The highest BCUT2D eigenvalue weighted by Gasteiger charge is 2.32. The molecule has 21 heavy (non-hydrogen) atoms. The Hall–Kier alpha value is -2.32. The molecule has 0 aliphatic heterocycles. The molecule has 2 N–H and O–H groups in total. The van der Waals surface area contributed by atoms with Crippen molar-refractivity contribution in [3.8, 4) is 0 Å². The Bertz CT molecular complexity index is 515. The van der Waals surface area contributed by atoms with Crippen LogP contribution in [0.1, 0.15) is 19.5 Å². The van der Waals surface area contributed by atoms with Crippen molar-refractivity contribution in [2.75, 3.05) is 11.9 Å². The summed E-state index contributed by atoms with van der Waals surface area (Å²) in [7, 11) is 0. The minimum atomic E-state index is -4.56. The maximum absolute atomic E-state index is 12.3. The topological polar surface area (TPSA) is 82.5 Å². The Kier molecular flexibility index (Phi) is 5.12. The molecular formula is C12H14F3N3O3. The van der Waals surface area contributed by atoms with Crippen molar-refractivity contribution in [3.05, 3.63) is 24.0 Å². The third-order valence-electron chi connectivity index (χ3n) is 2.50. The van der Waals surface area contributed by atoms with Crippen LogP contribution in [0.25, 0.3) is 0 Å². The van der Waals surface area contributed by atoms with Gasteiger partial charge in [0.1, 0.15) is 12.2 Å². The van der Waals surface area contributed by atoms with E-state index in [4.69, 9.17) is 5.11 Å². The monoisotopic (exact) mass is 305 g/mol. The number of aliphatic carboxylic acids is 1. The first-order chi connectivity index (χ1) is 9.61. The van der Waals surface area contributed by atoms with Crippen LogP contribution in [0.15, 0.2) is 18.3 Å². The molecule has 0 radical (unpaired) electrons. The molecule has 0 fully saturated rings. The Labute approximate surface area is 118 Å². The lowest BCUT2D eigenvalue weighted by Crippen LogP contribution is -2.43. The van der Waals surface area contributed by atoms with E-state index in [9.17, 15) is 22.8 Å². The van der Waals surface area contributed by atoms with Crippen LogP contribution in [0.3, 0.4) is 0 Å². The number of halogens is 3. The summed E-state index contributed by atoms with van der Waals surface area (Å²) in [5.41, 5.74) is -1.03. The second-order valence-electron chi connectivity index (χ2n) is 4.48. The maximum Gasteiger partial charge on any atom is 0.433 e. The molecule has 1 rings (SSSR count). The summed E-state index contributed by atoms with van der Waals surface area (Å²) in [5, 5.41) is 11.0. The summed E-state index contributed by atoms with van der Waals surface area (Å²) < 4.78 is 37.0. The Morgan fingerprint density at radius 3 is 2.38 bits per heavy atom. The van der Waals surface area contributed by atoms with Gasteiger partial charge >= 0.3 is 18.2 Å². The first-order valence-corrected chi connectivity index (χ1v) is 5.94. The molecule has 0 spiro atoms. The first-order valence-electron chi connectivity index (χ1n) is 5.94. The van der Waals surface area contributed by atoms with Crippen LogP contribution < -0.4 is 5.32 Å². The van der Waals surface area contributed by atoms with E-state index < -0.39 is 30.4 Å². The third-order valence-corrected chi connectivity index (χ3v) is 2.50. The SMILES string of the molecule is CC(C)N(CC(=O)O)C(=O)Nc1ccc(C(F)(F)F)nc1. The number of rotatable bonds is 4. The van der Waals surface area contributed by atoms with Gasteiger partial charge in [0.2, 0.25) is 0 Å². The zero-order valence-corrected chi connectivity index (χ0v) is 11.3. The number of nitrogens with one attached hydrogen (secondary N) is 1. The van der Waals surface area contributed by atoms with Crippen LogP contribution in [0.2, 0.25) is 0 Å². The van der Waals surface area contributed by atoms with E-state index in [1.54, 1.807) is 13.8 Å². The van der Waals surface area contributed by atoms with Crippen LogP contribution in [0.5, 0.6) is 0 Å². The number of anilines is 1. The fourth-order valence-electron chi connectivity index (χ4n) is 1.47. The number of urea groups is 1. The lowest BCUT2D eigenvalue weighted by atomic mass is 10.3. The largest absolute Gasteiger partial charge is 0.480 e. The molecule has 0 aliphatic carbocycles. The number of nitrogens with zero attached hydrogens (tertiary/aromatic N) is 2. The quantitative estimate of drug-likeness (QED) is 0.895. The lowest BCUT2D eigenvalue weighted by Gasteiger charge is -2.25. The van der Waals surface area contributed by atoms with Gasteiger partial charge in [-0.2, -0.15) is 13.2 Å². The average Bonchev–Trinajstić information content (AvgIpc) is 2.34. The minimum absolute atomic E-state index is 0.0454. The average molecular weight is 305 g/mol. The van der Waals surface area contributed by atoms with Gasteiger partial charge in [0.15, 0.2) is 0 Å². The summed E-state index contributed by atoms with van der Waals surface area (Å²) >= 11 is 0. The van der Waals surface area contributed by atoms with Crippen LogP contribution in [0, 0.1) is 0 Å². The van der Waals surface area contributed by atoms with Crippen molar-refractivity contribution in [3.63, 3.8) is 0 Å². The predicted octanol–water partition coefficient (Wildman–Crippen LogP) is 2.43. The molecule has 1 aromatic rings. The minimum Gasteiger partial charge on any atom is -0.480 e. The number of amides is 2. The summed E-state index contributed by atoms with van der Waals surface area (Å²) in [5.74, 6) is -1.19. The summed E-state index contributed by atoms with van der Waals surface area (Å²) in [4.78, 5) is 26.8. The fourth-order valence-corrected chi connectivity index (χ4v) is 1.47. The molecule has 0 bridgehead atoms. The van der Waals surface area contributed by atoms with Gasteiger partial charge in [-0.05, 0) is 26.0 Å².